The number of alkyl halides is 2. The zero-order chi connectivity index (χ0) is 11.1. The molecule has 0 saturated heterocycles. The first-order valence-electron chi connectivity index (χ1n) is 4.62. The van der Waals surface area contributed by atoms with E-state index in [1.54, 1.807) is 0 Å². The maximum Gasteiger partial charge on any atom is 0.124 e. The predicted octanol–water partition coefficient (Wildman–Crippen LogP) is 3.83. The Morgan fingerprint density at radius 1 is 1.40 bits per heavy atom. The summed E-state index contributed by atoms with van der Waals surface area (Å²) in [6, 6.07) is 11.8. The van der Waals surface area contributed by atoms with Crippen LogP contribution in [0.5, 0.6) is 0 Å². The van der Waals surface area contributed by atoms with Crippen molar-refractivity contribution in [3.63, 3.8) is 0 Å². The molecule has 1 aromatic rings. The maximum atomic E-state index is 8.66. The van der Waals surface area contributed by atoms with Crippen LogP contribution in [-0.4, -0.2) is 11.3 Å². The van der Waals surface area contributed by atoms with Crippen LogP contribution in [0.15, 0.2) is 36.4 Å². The average molecular weight is 240 g/mol. The number of hydrogen-bond acceptors (Lipinski definition) is 1. The highest BCUT2D eigenvalue weighted by Gasteiger charge is 2.07. The summed E-state index contributed by atoms with van der Waals surface area (Å²) in [5.74, 6) is 0.430. The van der Waals surface area contributed by atoms with E-state index in [0.717, 1.165) is 11.1 Å². The Hall–Kier alpha value is -0.970. The standard InChI is InChI=1S/C12H11Cl2N/c13-7-6-11(8-12(14)9-15)10-4-2-1-3-5-10/h1-6,12H,7-8H2/b11-6+. The molecule has 0 aromatic heterocycles. The Labute approximate surface area is 99.9 Å². The van der Waals surface area contributed by atoms with Crippen LogP contribution in [0, 0.1) is 11.3 Å². The van der Waals surface area contributed by atoms with Gasteiger partial charge in [-0.25, -0.2) is 0 Å². The van der Waals surface area contributed by atoms with Gasteiger partial charge in [0.2, 0.25) is 0 Å². The minimum absolute atomic E-state index is 0.430. The fourth-order valence-electron chi connectivity index (χ4n) is 1.30. The van der Waals surface area contributed by atoms with Crippen LogP contribution >= 0.6 is 23.2 Å². The van der Waals surface area contributed by atoms with E-state index in [2.05, 4.69) is 0 Å². The van der Waals surface area contributed by atoms with Crippen LogP contribution in [0.1, 0.15) is 12.0 Å². The number of nitrogens with zero attached hydrogens (tertiary/aromatic N) is 1. The van der Waals surface area contributed by atoms with Gasteiger partial charge in [0.15, 0.2) is 0 Å². The van der Waals surface area contributed by atoms with E-state index >= 15 is 0 Å². The van der Waals surface area contributed by atoms with Gasteiger partial charge in [-0.2, -0.15) is 5.26 Å². The van der Waals surface area contributed by atoms with E-state index in [9.17, 15) is 0 Å². The topological polar surface area (TPSA) is 23.8 Å². The van der Waals surface area contributed by atoms with Crippen molar-refractivity contribution < 1.29 is 0 Å². The number of halogens is 2. The molecule has 0 spiro atoms. The molecule has 1 atom stereocenters. The molecule has 0 amide bonds. The summed E-state index contributed by atoms with van der Waals surface area (Å²) >= 11 is 11.5. The molecule has 0 aliphatic carbocycles. The number of allylic oxidation sites excluding steroid dienone is 2. The minimum Gasteiger partial charge on any atom is -0.197 e. The van der Waals surface area contributed by atoms with Gasteiger partial charge in [0, 0.05) is 12.3 Å². The summed E-state index contributed by atoms with van der Waals surface area (Å²) in [7, 11) is 0. The number of hydrogen-bond donors (Lipinski definition) is 0. The molecule has 0 radical (unpaired) electrons. The SMILES string of the molecule is N#CC(Cl)C/C(=C\CCl)c1ccccc1. The summed E-state index contributed by atoms with van der Waals surface area (Å²) in [5.41, 5.74) is 2.09. The molecule has 0 aliphatic rings. The lowest BCUT2D eigenvalue weighted by Crippen LogP contribution is -1.96. The van der Waals surface area contributed by atoms with Crippen molar-refractivity contribution in [3.8, 4) is 6.07 Å². The van der Waals surface area contributed by atoms with E-state index < -0.39 is 5.38 Å². The summed E-state index contributed by atoms with van der Waals surface area (Å²) in [5, 5.41) is 8.16. The van der Waals surface area contributed by atoms with Crippen molar-refractivity contribution in [2.24, 2.45) is 0 Å². The molecule has 3 heteroatoms. The Morgan fingerprint density at radius 3 is 2.60 bits per heavy atom. The first kappa shape index (κ1) is 12.1. The summed E-state index contributed by atoms with van der Waals surface area (Å²) in [4.78, 5) is 0. The molecular weight excluding hydrogens is 229 g/mol. The van der Waals surface area contributed by atoms with Crippen LogP contribution in [-0.2, 0) is 0 Å². The molecule has 1 unspecified atom stereocenters. The number of rotatable bonds is 4. The minimum atomic E-state index is -0.500. The lowest BCUT2D eigenvalue weighted by atomic mass is 10.0. The molecule has 0 aliphatic heterocycles. The van der Waals surface area contributed by atoms with Crippen molar-refractivity contribution in [3.05, 3.63) is 42.0 Å². The molecule has 0 bridgehead atoms. The van der Waals surface area contributed by atoms with Gasteiger partial charge in [0.1, 0.15) is 5.38 Å². The number of nitriles is 1. The third-order valence-corrected chi connectivity index (χ3v) is 2.41. The van der Waals surface area contributed by atoms with E-state index in [-0.39, 0.29) is 0 Å². The third-order valence-electron chi connectivity index (χ3n) is 2.01. The van der Waals surface area contributed by atoms with Crippen LogP contribution in [0.2, 0.25) is 0 Å². The first-order chi connectivity index (χ1) is 7.27. The van der Waals surface area contributed by atoms with Crippen LogP contribution < -0.4 is 0 Å². The second kappa shape index (κ2) is 6.50. The third kappa shape index (κ3) is 3.95. The fourth-order valence-corrected chi connectivity index (χ4v) is 1.66. The first-order valence-corrected chi connectivity index (χ1v) is 5.59. The Balaban J connectivity index is 2.86. The Morgan fingerprint density at radius 2 is 2.07 bits per heavy atom. The monoisotopic (exact) mass is 239 g/mol. The van der Waals surface area contributed by atoms with E-state index in [0.29, 0.717) is 12.3 Å². The van der Waals surface area contributed by atoms with Gasteiger partial charge in [-0.3, -0.25) is 0 Å². The maximum absolute atomic E-state index is 8.66. The van der Waals surface area contributed by atoms with E-state index in [4.69, 9.17) is 28.5 Å². The molecule has 15 heavy (non-hydrogen) atoms. The highest BCUT2D eigenvalue weighted by atomic mass is 35.5. The molecule has 1 nitrogen and oxygen atoms in total. The average Bonchev–Trinajstić information content (AvgIpc) is 2.29. The summed E-state index contributed by atoms with van der Waals surface area (Å²) in [6.45, 7) is 0. The molecule has 78 valence electrons. The van der Waals surface area contributed by atoms with Crippen molar-refractivity contribution in [2.75, 3.05) is 5.88 Å². The largest absolute Gasteiger partial charge is 0.197 e. The summed E-state index contributed by atoms with van der Waals surface area (Å²) < 4.78 is 0. The molecule has 0 heterocycles. The van der Waals surface area contributed by atoms with Crippen molar-refractivity contribution >= 4 is 28.8 Å². The second-order valence-corrected chi connectivity index (χ2v) is 3.89. The van der Waals surface area contributed by atoms with Gasteiger partial charge in [-0.05, 0) is 11.1 Å². The van der Waals surface area contributed by atoms with Crippen molar-refractivity contribution in [1.82, 2.24) is 0 Å². The van der Waals surface area contributed by atoms with Crippen LogP contribution in [0.4, 0.5) is 0 Å². The highest BCUT2D eigenvalue weighted by molar-refractivity contribution is 6.23. The smallest absolute Gasteiger partial charge is 0.124 e. The van der Waals surface area contributed by atoms with Gasteiger partial charge in [0.25, 0.3) is 0 Å². The van der Waals surface area contributed by atoms with Gasteiger partial charge >= 0.3 is 0 Å². The molecule has 1 rings (SSSR count). The van der Waals surface area contributed by atoms with Crippen molar-refractivity contribution in [1.29, 1.82) is 5.26 Å². The Bertz CT molecular complexity index is 365. The zero-order valence-electron chi connectivity index (χ0n) is 8.16. The lowest BCUT2D eigenvalue weighted by molar-refractivity contribution is 1.08. The van der Waals surface area contributed by atoms with Gasteiger partial charge in [-0.1, -0.05) is 36.4 Å². The van der Waals surface area contributed by atoms with Gasteiger partial charge in [0.05, 0.1) is 6.07 Å². The number of benzene rings is 1. The quantitative estimate of drug-likeness (QED) is 0.733. The molecule has 0 N–H and O–H groups in total. The lowest BCUT2D eigenvalue weighted by Gasteiger charge is -2.07. The van der Waals surface area contributed by atoms with E-state index in [1.165, 1.54) is 0 Å². The molecule has 0 saturated carbocycles. The highest BCUT2D eigenvalue weighted by Crippen LogP contribution is 2.21. The Kier molecular flexibility index (Phi) is 5.25. The van der Waals surface area contributed by atoms with Crippen LogP contribution in [0.3, 0.4) is 0 Å². The fraction of sp³-hybridized carbons (Fsp3) is 0.250. The van der Waals surface area contributed by atoms with E-state index in [1.807, 2.05) is 42.5 Å². The normalized spacial score (nSPS) is 13.3. The van der Waals surface area contributed by atoms with Gasteiger partial charge < -0.3 is 0 Å². The predicted molar refractivity (Wildman–Crippen MR) is 65.0 cm³/mol. The van der Waals surface area contributed by atoms with Crippen LogP contribution in [0.25, 0.3) is 5.57 Å². The molecule has 0 fully saturated rings. The summed E-state index contributed by atoms with van der Waals surface area (Å²) in [6.07, 6.45) is 2.42. The molecule has 1 aromatic carbocycles. The zero-order valence-corrected chi connectivity index (χ0v) is 9.67. The molecular formula is C12H11Cl2N. The second-order valence-electron chi connectivity index (χ2n) is 3.05. The van der Waals surface area contributed by atoms with Gasteiger partial charge in [-0.15, -0.1) is 23.2 Å². The van der Waals surface area contributed by atoms with Crippen molar-refractivity contribution in [2.45, 2.75) is 11.8 Å².